The number of carbonyl (C=O) groups excluding carboxylic acids is 2. The highest BCUT2D eigenvalue weighted by Gasteiger charge is 2.84. The van der Waals surface area contributed by atoms with Gasteiger partial charge in [0.05, 0.1) is 16.4 Å². The fourth-order valence-electron chi connectivity index (χ4n) is 3.93. The van der Waals surface area contributed by atoms with Crippen molar-refractivity contribution in [3.8, 4) is 0 Å². The molecule has 2 unspecified atom stereocenters. The van der Waals surface area contributed by atoms with Crippen LogP contribution in [-0.2, 0) is 15.0 Å². The van der Waals surface area contributed by atoms with Crippen molar-refractivity contribution in [3.63, 3.8) is 0 Å². The second-order valence-corrected chi connectivity index (χ2v) is 6.91. The Balaban J connectivity index is 2.02. The van der Waals surface area contributed by atoms with E-state index in [4.69, 9.17) is 23.2 Å². The summed E-state index contributed by atoms with van der Waals surface area (Å²) in [5, 5.41) is -0.0880. The van der Waals surface area contributed by atoms with E-state index in [2.05, 4.69) is 0 Å². The van der Waals surface area contributed by atoms with Crippen molar-refractivity contribution in [1.82, 2.24) is 0 Å². The molecule has 0 aliphatic heterocycles. The smallest absolute Gasteiger partial charge is 0.197 e. The summed E-state index contributed by atoms with van der Waals surface area (Å²) in [5.74, 6) is -1.20. The van der Waals surface area contributed by atoms with Gasteiger partial charge < -0.3 is 0 Å². The monoisotopic (exact) mass is 342 g/mol. The summed E-state index contributed by atoms with van der Waals surface area (Å²) < 4.78 is 0. The summed E-state index contributed by atoms with van der Waals surface area (Å²) in [6.07, 6.45) is 1.21. The predicted octanol–water partition coefficient (Wildman–Crippen LogP) is 3.85. The molecule has 2 aliphatic carbocycles. The van der Waals surface area contributed by atoms with E-state index in [0.29, 0.717) is 0 Å². The molecule has 0 amide bonds. The van der Waals surface area contributed by atoms with E-state index < -0.39 is 16.2 Å². The Labute approximate surface area is 143 Å². The number of hydrogen-bond acceptors (Lipinski definition) is 2. The third-order valence-electron chi connectivity index (χ3n) is 4.88. The first kappa shape index (κ1) is 14.7. The first-order chi connectivity index (χ1) is 11.0. The predicted molar refractivity (Wildman–Crippen MR) is 89.7 cm³/mol. The molecule has 2 nitrogen and oxygen atoms in total. The number of alkyl halides is 1. The van der Waals surface area contributed by atoms with E-state index in [-0.39, 0.29) is 16.6 Å². The lowest BCUT2D eigenvalue weighted by molar-refractivity contribution is -0.121. The molecule has 0 saturated heterocycles. The summed E-state index contributed by atoms with van der Waals surface area (Å²) in [4.78, 5) is 23.9. The van der Waals surface area contributed by atoms with Gasteiger partial charge in [-0.15, -0.1) is 11.6 Å². The van der Waals surface area contributed by atoms with Gasteiger partial charge in [0.25, 0.3) is 0 Å². The average Bonchev–Trinajstić information content (AvgIpc) is 3.18. The van der Waals surface area contributed by atoms with Gasteiger partial charge in [0.2, 0.25) is 0 Å². The fraction of sp³-hybridized carbons (Fsp3) is 0.158. The Morgan fingerprint density at radius 1 is 0.826 bits per heavy atom. The molecule has 0 radical (unpaired) electrons. The number of halogens is 2. The summed E-state index contributed by atoms with van der Waals surface area (Å²) >= 11 is 12.8. The molecule has 0 aromatic heterocycles. The van der Waals surface area contributed by atoms with Gasteiger partial charge in [0.1, 0.15) is 4.87 Å². The Morgan fingerprint density at radius 2 is 1.30 bits per heavy atom. The quantitative estimate of drug-likeness (QED) is 0.776. The van der Waals surface area contributed by atoms with E-state index in [9.17, 15) is 9.59 Å². The maximum Gasteiger partial charge on any atom is 0.197 e. The third-order valence-corrected chi connectivity index (χ3v) is 5.85. The van der Waals surface area contributed by atoms with Crippen LogP contribution in [0.15, 0.2) is 71.8 Å². The number of ketones is 2. The Bertz CT molecular complexity index is 803. The zero-order chi connectivity index (χ0) is 16.2. The van der Waals surface area contributed by atoms with Gasteiger partial charge in [0.15, 0.2) is 11.6 Å². The molecule has 114 valence electrons. The maximum atomic E-state index is 12.7. The van der Waals surface area contributed by atoms with Gasteiger partial charge in [-0.1, -0.05) is 72.3 Å². The molecular weight excluding hydrogens is 331 g/mol. The van der Waals surface area contributed by atoms with E-state index >= 15 is 0 Å². The second-order valence-electron chi connectivity index (χ2n) is 5.91. The summed E-state index contributed by atoms with van der Waals surface area (Å²) in [6.45, 7) is 0. The molecule has 2 aromatic rings. The van der Waals surface area contributed by atoms with E-state index in [1.807, 2.05) is 60.7 Å². The molecule has 23 heavy (non-hydrogen) atoms. The van der Waals surface area contributed by atoms with Crippen LogP contribution in [0.1, 0.15) is 11.1 Å². The number of fused-ring (bicyclic) bond motifs is 1. The second kappa shape index (κ2) is 4.80. The molecule has 2 atom stereocenters. The average molecular weight is 343 g/mol. The van der Waals surface area contributed by atoms with E-state index in [1.54, 1.807) is 0 Å². The number of Topliss-reactive ketones (excluding diaryl/α,β-unsaturated/α-hetero) is 1. The number of hydrogen-bond donors (Lipinski definition) is 0. The van der Waals surface area contributed by atoms with Crippen molar-refractivity contribution in [2.45, 2.75) is 10.3 Å². The molecule has 0 spiro atoms. The van der Waals surface area contributed by atoms with Crippen LogP contribution in [0, 0.1) is 5.92 Å². The Morgan fingerprint density at radius 3 is 1.78 bits per heavy atom. The van der Waals surface area contributed by atoms with Crippen molar-refractivity contribution < 1.29 is 9.59 Å². The van der Waals surface area contributed by atoms with Gasteiger partial charge in [-0.05, 0) is 11.1 Å². The van der Waals surface area contributed by atoms with Crippen LogP contribution in [0.5, 0.6) is 0 Å². The van der Waals surface area contributed by atoms with Gasteiger partial charge in [0, 0.05) is 6.08 Å². The molecule has 4 heteroatoms. The molecule has 0 N–H and O–H groups in total. The zero-order valence-electron chi connectivity index (χ0n) is 12.0. The lowest BCUT2D eigenvalue weighted by Crippen LogP contribution is -2.30. The van der Waals surface area contributed by atoms with Crippen molar-refractivity contribution in [2.75, 3.05) is 0 Å². The molecule has 2 aromatic carbocycles. The van der Waals surface area contributed by atoms with Crippen LogP contribution >= 0.6 is 23.2 Å². The Hall–Kier alpha value is -1.90. The van der Waals surface area contributed by atoms with E-state index in [0.717, 1.165) is 11.1 Å². The van der Waals surface area contributed by atoms with Crippen LogP contribution < -0.4 is 0 Å². The summed E-state index contributed by atoms with van der Waals surface area (Å²) in [6, 6.07) is 18.9. The largest absolute Gasteiger partial charge is 0.294 e. The van der Waals surface area contributed by atoms with Crippen molar-refractivity contribution in [3.05, 3.63) is 82.9 Å². The van der Waals surface area contributed by atoms with Crippen molar-refractivity contribution in [1.29, 1.82) is 0 Å². The number of allylic oxidation sites excluding steroid dienone is 2. The van der Waals surface area contributed by atoms with Gasteiger partial charge in [-0.25, -0.2) is 0 Å². The first-order valence-corrected chi connectivity index (χ1v) is 8.06. The maximum absolute atomic E-state index is 12.7. The topological polar surface area (TPSA) is 34.1 Å². The molecule has 4 rings (SSSR count). The third kappa shape index (κ3) is 1.65. The lowest BCUT2D eigenvalue weighted by Gasteiger charge is -2.21. The van der Waals surface area contributed by atoms with Crippen molar-refractivity contribution >= 4 is 34.8 Å². The molecule has 1 saturated carbocycles. The fourth-order valence-corrected chi connectivity index (χ4v) is 4.88. The summed E-state index contributed by atoms with van der Waals surface area (Å²) in [7, 11) is 0. The molecule has 1 fully saturated rings. The molecular formula is C19H12Cl2O2. The highest BCUT2D eigenvalue weighted by Crippen LogP contribution is 2.73. The highest BCUT2D eigenvalue weighted by molar-refractivity contribution is 6.56. The standard InChI is InChI=1S/C19H12Cl2O2/c20-14-11-15(22)16-18(19(16,21)17(14)23,12-7-3-1-4-8-12)13-9-5-2-6-10-13/h1-11,16H. The van der Waals surface area contributed by atoms with E-state index in [1.165, 1.54) is 6.08 Å². The number of carbonyl (C=O) groups is 2. The highest BCUT2D eigenvalue weighted by atomic mass is 35.5. The van der Waals surface area contributed by atoms with Crippen LogP contribution in [0.2, 0.25) is 0 Å². The van der Waals surface area contributed by atoms with Gasteiger partial charge in [-0.3, -0.25) is 9.59 Å². The number of benzene rings is 2. The molecule has 0 bridgehead atoms. The van der Waals surface area contributed by atoms with Gasteiger partial charge >= 0.3 is 0 Å². The van der Waals surface area contributed by atoms with Gasteiger partial charge in [-0.2, -0.15) is 0 Å². The number of rotatable bonds is 2. The lowest BCUT2D eigenvalue weighted by atomic mass is 9.83. The zero-order valence-corrected chi connectivity index (χ0v) is 13.5. The van der Waals surface area contributed by atoms with Crippen LogP contribution in [-0.4, -0.2) is 16.4 Å². The minimum atomic E-state index is -1.35. The normalized spacial score (nSPS) is 28.1. The Kier molecular flexibility index (Phi) is 3.06. The minimum absolute atomic E-state index is 0.0880. The molecule has 0 heterocycles. The van der Waals surface area contributed by atoms with Crippen LogP contribution in [0.3, 0.4) is 0 Å². The van der Waals surface area contributed by atoms with Crippen LogP contribution in [0.25, 0.3) is 0 Å². The molecule has 2 aliphatic rings. The summed E-state index contributed by atoms with van der Waals surface area (Å²) in [5.41, 5.74) is 0.832. The van der Waals surface area contributed by atoms with Crippen LogP contribution in [0.4, 0.5) is 0 Å². The van der Waals surface area contributed by atoms with Crippen molar-refractivity contribution in [2.24, 2.45) is 5.92 Å². The first-order valence-electron chi connectivity index (χ1n) is 7.30. The minimum Gasteiger partial charge on any atom is -0.294 e. The SMILES string of the molecule is O=C1C=C(Cl)C(=O)C2(Cl)C1C2(c1ccccc1)c1ccccc1.